The second-order valence-electron chi connectivity index (χ2n) is 6.79. The van der Waals surface area contributed by atoms with Crippen molar-refractivity contribution in [2.24, 2.45) is 0 Å². The average Bonchev–Trinajstić information content (AvgIpc) is 2.88. The molecule has 2 aromatic carbocycles. The SMILES string of the molecule is C=C(C[C@]1(O)C(=O)N(CCCC)c2ccccc21)C(=O)Nc1ccccc1. The normalized spacial score (nSPS) is 18.3. The molecule has 2 aromatic rings. The Kier molecular flexibility index (Phi) is 5.42. The van der Waals surface area contributed by atoms with Crippen molar-refractivity contribution in [2.45, 2.75) is 31.8 Å². The highest BCUT2D eigenvalue weighted by atomic mass is 16.3. The first-order valence-electron chi connectivity index (χ1n) is 9.15. The number of para-hydroxylation sites is 2. The van der Waals surface area contributed by atoms with E-state index in [4.69, 9.17) is 0 Å². The number of nitrogens with one attached hydrogen (secondary N) is 1. The van der Waals surface area contributed by atoms with Crippen molar-refractivity contribution in [3.8, 4) is 0 Å². The van der Waals surface area contributed by atoms with E-state index in [1.165, 1.54) is 0 Å². The van der Waals surface area contributed by atoms with Crippen molar-refractivity contribution in [3.05, 3.63) is 72.3 Å². The quantitative estimate of drug-likeness (QED) is 0.738. The Bertz CT molecular complexity index is 863. The van der Waals surface area contributed by atoms with E-state index in [0.717, 1.165) is 12.8 Å². The summed E-state index contributed by atoms with van der Waals surface area (Å²) in [6, 6.07) is 16.2. The van der Waals surface area contributed by atoms with Crippen molar-refractivity contribution in [3.63, 3.8) is 0 Å². The van der Waals surface area contributed by atoms with Gasteiger partial charge in [-0.1, -0.05) is 56.3 Å². The summed E-state index contributed by atoms with van der Waals surface area (Å²) in [5, 5.41) is 14.0. The topological polar surface area (TPSA) is 69.6 Å². The number of carbonyl (C=O) groups is 2. The summed E-state index contributed by atoms with van der Waals surface area (Å²) in [7, 11) is 0. The highest BCUT2D eigenvalue weighted by Gasteiger charge is 2.49. The number of fused-ring (bicyclic) bond motifs is 1. The van der Waals surface area contributed by atoms with Gasteiger partial charge in [0.15, 0.2) is 5.60 Å². The third-order valence-electron chi connectivity index (χ3n) is 4.80. The smallest absolute Gasteiger partial charge is 0.264 e. The molecule has 0 bridgehead atoms. The number of nitrogens with zero attached hydrogens (tertiary/aromatic N) is 1. The Labute approximate surface area is 159 Å². The second-order valence-corrected chi connectivity index (χ2v) is 6.79. The van der Waals surface area contributed by atoms with Gasteiger partial charge in [0, 0.05) is 29.8 Å². The molecule has 5 heteroatoms. The Morgan fingerprint density at radius 2 is 1.81 bits per heavy atom. The summed E-state index contributed by atoms with van der Waals surface area (Å²) in [6.07, 6.45) is 1.63. The minimum atomic E-state index is -1.77. The molecule has 27 heavy (non-hydrogen) atoms. The summed E-state index contributed by atoms with van der Waals surface area (Å²) < 4.78 is 0. The molecule has 1 aliphatic rings. The second kappa shape index (κ2) is 7.76. The number of hydrogen-bond donors (Lipinski definition) is 2. The predicted molar refractivity (Wildman–Crippen MR) is 106 cm³/mol. The number of unbranched alkanes of at least 4 members (excludes halogenated alkanes) is 1. The standard InChI is InChI=1S/C22H24N2O3/c1-3-4-14-24-19-13-9-8-12-18(19)22(27,21(24)26)15-16(2)20(25)23-17-10-6-5-7-11-17/h5-13,27H,2-4,14-15H2,1H3,(H,23,25)/t22-/m1/s1. The van der Waals surface area contributed by atoms with Crippen LogP contribution in [0.1, 0.15) is 31.7 Å². The van der Waals surface area contributed by atoms with Crippen molar-refractivity contribution in [1.82, 2.24) is 0 Å². The van der Waals surface area contributed by atoms with Gasteiger partial charge in [0.05, 0.1) is 5.69 Å². The molecule has 0 unspecified atom stereocenters. The molecule has 1 heterocycles. The Morgan fingerprint density at radius 1 is 1.15 bits per heavy atom. The van der Waals surface area contributed by atoms with Crippen LogP contribution in [0.15, 0.2) is 66.7 Å². The van der Waals surface area contributed by atoms with Crippen LogP contribution < -0.4 is 10.2 Å². The van der Waals surface area contributed by atoms with Crippen LogP contribution in [0, 0.1) is 0 Å². The van der Waals surface area contributed by atoms with E-state index in [9.17, 15) is 14.7 Å². The van der Waals surface area contributed by atoms with Gasteiger partial charge in [-0.25, -0.2) is 0 Å². The van der Waals surface area contributed by atoms with Gasteiger partial charge in [-0.15, -0.1) is 0 Å². The third-order valence-corrected chi connectivity index (χ3v) is 4.80. The molecule has 2 amide bonds. The number of rotatable bonds is 7. The van der Waals surface area contributed by atoms with E-state index in [-0.39, 0.29) is 12.0 Å². The van der Waals surface area contributed by atoms with Gasteiger partial charge in [0.25, 0.3) is 11.8 Å². The Balaban J connectivity index is 1.81. The summed E-state index contributed by atoms with van der Waals surface area (Å²) >= 11 is 0. The van der Waals surface area contributed by atoms with Crippen LogP contribution in [0.5, 0.6) is 0 Å². The molecule has 2 N–H and O–H groups in total. The minimum absolute atomic E-state index is 0.149. The maximum absolute atomic E-state index is 13.0. The summed E-state index contributed by atoms with van der Waals surface area (Å²) in [5.41, 5.74) is 0.254. The predicted octanol–water partition coefficient (Wildman–Crippen LogP) is 3.61. The number of amides is 2. The van der Waals surface area contributed by atoms with E-state index in [2.05, 4.69) is 18.8 Å². The molecule has 0 aliphatic carbocycles. The molecule has 1 atom stereocenters. The minimum Gasteiger partial charge on any atom is -0.375 e. The molecule has 3 rings (SSSR count). The fourth-order valence-electron chi connectivity index (χ4n) is 3.35. The fourth-order valence-corrected chi connectivity index (χ4v) is 3.35. The zero-order valence-corrected chi connectivity index (χ0v) is 15.4. The van der Waals surface area contributed by atoms with Crippen LogP contribution in [0.4, 0.5) is 11.4 Å². The van der Waals surface area contributed by atoms with Gasteiger partial charge < -0.3 is 15.3 Å². The lowest BCUT2D eigenvalue weighted by Gasteiger charge is -2.24. The molecular formula is C22H24N2O3. The first-order valence-corrected chi connectivity index (χ1v) is 9.15. The molecule has 140 valence electrons. The number of anilines is 2. The number of hydrogen-bond acceptors (Lipinski definition) is 3. The fraction of sp³-hybridized carbons (Fsp3) is 0.273. The van der Waals surface area contributed by atoms with Crippen molar-refractivity contribution < 1.29 is 14.7 Å². The molecule has 0 radical (unpaired) electrons. The summed E-state index contributed by atoms with van der Waals surface area (Å²) in [6.45, 7) is 6.40. The maximum Gasteiger partial charge on any atom is 0.264 e. The first kappa shape index (κ1) is 18.9. The Hall–Kier alpha value is -2.92. The summed E-state index contributed by atoms with van der Waals surface area (Å²) in [5.74, 6) is -0.808. The van der Waals surface area contributed by atoms with Gasteiger partial charge in [0.2, 0.25) is 0 Å². The van der Waals surface area contributed by atoms with Gasteiger partial charge in [-0.2, -0.15) is 0 Å². The largest absolute Gasteiger partial charge is 0.375 e. The number of benzene rings is 2. The van der Waals surface area contributed by atoms with E-state index in [1.807, 2.05) is 30.3 Å². The van der Waals surface area contributed by atoms with Crippen LogP contribution in [-0.4, -0.2) is 23.5 Å². The molecule has 0 spiro atoms. The average molecular weight is 364 g/mol. The van der Waals surface area contributed by atoms with Crippen molar-refractivity contribution in [1.29, 1.82) is 0 Å². The van der Waals surface area contributed by atoms with Crippen molar-refractivity contribution in [2.75, 3.05) is 16.8 Å². The van der Waals surface area contributed by atoms with Crippen LogP contribution in [0.3, 0.4) is 0 Å². The maximum atomic E-state index is 13.0. The highest BCUT2D eigenvalue weighted by Crippen LogP contribution is 2.43. The van der Waals surface area contributed by atoms with E-state index < -0.39 is 17.4 Å². The van der Waals surface area contributed by atoms with Gasteiger partial charge in [-0.3, -0.25) is 9.59 Å². The molecule has 0 fully saturated rings. The zero-order chi connectivity index (χ0) is 19.4. The molecule has 5 nitrogen and oxygen atoms in total. The van der Waals surface area contributed by atoms with Gasteiger partial charge in [-0.05, 0) is 24.6 Å². The molecular weight excluding hydrogens is 340 g/mol. The van der Waals surface area contributed by atoms with Crippen LogP contribution in [-0.2, 0) is 15.2 Å². The van der Waals surface area contributed by atoms with E-state index in [1.54, 1.807) is 29.2 Å². The number of aliphatic hydroxyl groups is 1. The lowest BCUT2D eigenvalue weighted by Crippen LogP contribution is -2.41. The van der Waals surface area contributed by atoms with E-state index >= 15 is 0 Å². The zero-order valence-electron chi connectivity index (χ0n) is 15.4. The molecule has 1 aliphatic heterocycles. The van der Waals surface area contributed by atoms with Crippen LogP contribution in [0.25, 0.3) is 0 Å². The first-order chi connectivity index (χ1) is 13.0. The molecule has 0 saturated carbocycles. The number of carbonyl (C=O) groups excluding carboxylic acids is 2. The Morgan fingerprint density at radius 3 is 2.52 bits per heavy atom. The van der Waals surface area contributed by atoms with E-state index in [0.29, 0.717) is 23.5 Å². The van der Waals surface area contributed by atoms with Gasteiger partial charge in [0.1, 0.15) is 0 Å². The molecule has 0 saturated heterocycles. The highest BCUT2D eigenvalue weighted by molar-refractivity contribution is 6.09. The van der Waals surface area contributed by atoms with Crippen molar-refractivity contribution >= 4 is 23.2 Å². The van der Waals surface area contributed by atoms with Gasteiger partial charge >= 0.3 is 0 Å². The lowest BCUT2D eigenvalue weighted by molar-refractivity contribution is -0.136. The van der Waals surface area contributed by atoms with Crippen LogP contribution in [0.2, 0.25) is 0 Å². The molecule has 0 aromatic heterocycles. The summed E-state index contributed by atoms with van der Waals surface area (Å²) in [4.78, 5) is 27.1. The monoisotopic (exact) mass is 364 g/mol. The van der Waals surface area contributed by atoms with Crippen LogP contribution >= 0.6 is 0 Å². The third kappa shape index (κ3) is 3.64. The lowest BCUT2D eigenvalue weighted by atomic mass is 9.88.